The lowest BCUT2D eigenvalue weighted by atomic mass is 10.1. The number of fused-ring (bicyclic) bond motifs is 1. The number of anilines is 1. The number of hydrogen-bond donors (Lipinski definition) is 1. The van der Waals surface area contributed by atoms with Crippen LogP contribution in [-0.2, 0) is 9.47 Å². The molecule has 0 bridgehead atoms. The summed E-state index contributed by atoms with van der Waals surface area (Å²) >= 11 is 0. The lowest BCUT2D eigenvalue weighted by Gasteiger charge is -2.24. The van der Waals surface area contributed by atoms with Crippen molar-refractivity contribution in [3.05, 3.63) is 53.1 Å². The van der Waals surface area contributed by atoms with E-state index in [-0.39, 0.29) is 29.3 Å². The molecule has 1 N–H and O–H groups in total. The summed E-state index contributed by atoms with van der Waals surface area (Å²) in [6.07, 6.45) is 4.68. The van der Waals surface area contributed by atoms with Crippen LogP contribution in [0.4, 0.5) is 5.69 Å². The molecule has 2 unspecified atom stereocenters. The van der Waals surface area contributed by atoms with E-state index in [2.05, 4.69) is 17.0 Å². The Balaban J connectivity index is 1.45. The van der Waals surface area contributed by atoms with Crippen molar-refractivity contribution in [3.63, 3.8) is 0 Å². The van der Waals surface area contributed by atoms with E-state index in [1.807, 2.05) is 38.1 Å². The molecule has 152 valence electrons. The van der Waals surface area contributed by atoms with Crippen LogP contribution in [0.5, 0.6) is 11.5 Å². The van der Waals surface area contributed by atoms with Crippen molar-refractivity contribution in [1.82, 2.24) is 0 Å². The molecule has 2 aliphatic rings. The Kier molecular flexibility index (Phi) is 5.06. The van der Waals surface area contributed by atoms with Gasteiger partial charge in [-0.2, -0.15) is 0 Å². The van der Waals surface area contributed by atoms with Crippen LogP contribution in [-0.4, -0.2) is 49.6 Å². The van der Waals surface area contributed by atoms with Gasteiger partial charge in [-0.3, -0.25) is 4.79 Å². The molecule has 2 saturated heterocycles. The summed E-state index contributed by atoms with van der Waals surface area (Å²) in [5, 5.41) is 9.92. The minimum absolute atomic E-state index is 0.112. The van der Waals surface area contributed by atoms with Gasteiger partial charge in [-0.1, -0.05) is 24.3 Å². The first-order valence-electron chi connectivity index (χ1n) is 9.63. The first-order chi connectivity index (χ1) is 13.9. The van der Waals surface area contributed by atoms with E-state index in [4.69, 9.17) is 14.2 Å². The van der Waals surface area contributed by atoms with E-state index in [1.165, 1.54) is 7.11 Å². The van der Waals surface area contributed by atoms with E-state index in [0.717, 1.165) is 29.9 Å². The lowest BCUT2D eigenvalue weighted by Crippen LogP contribution is -2.29. The van der Waals surface area contributed by atoms with E-state index < -0.39 is 5.79 Å². The average Bonchev–Trinajstić information content (AvgIpc) is 3.21. The third-order valence-corrected chi connectivity index (χ3v) is 5.29. The van der Waals surface area contributed by atoms with Crippen molar-refractivity contribution in [2.75, 3.05) is 25.1 Å². The maximum absolute atomic E-state index is 11.1. The van der Waals surface area contributed by atoms with Gasteiger partial charge in [0.2, 0.25) is 0 Å². The number of aromatic hydroxyl groups is 1. The van der Waals surface area contributed by atoms with Crippen LogP contribution in [0, 0.1) is 0 Å². The summed E-state index contributed by atoms with van der Waals surface area (Å²) in [5.41, 5.74) is 3.14. The molecule has 0 radical (unpaired) electrons. The van der Waals surface area contributed by atoms with Crippen molar-refractivity contribution in [2.24, 2.45) is 0 Å². The largest absolute Gasteiger partial charge is 0.504 e. The molecule has 2 aromatic rings. The monoisotopic (exact) mass is 395 g/mol. The molecule has 0 aromatic heterocycles. The molecule has 0 spiro atoms. The quantitative estimate of drug-likeness (QED) is 0.615. The Bertz CT molecular complexity index is 919. The summed E-state index contributed by atoms with van der Waals surface area (Å²) in [7, 11) is 1.46. The van der Waals surface area contributed by atoms with Gasteiger partial charge in [0.25, 0.3) is 0 Å². The van der Waals surface area contributed by atoms with Gasteiger partial charge in [0.15, 0.2) is 23.6 Å². The molecule has 6 heteroatoms. The molecule has 2 heterocycles. The second-order valence-electron chi connectivity index (χ2n) is 7.82. The summed E-state index contributed by atoms with van der Waals surface area (Å²) in [4.78, 5) is 13.4. The molecular weight excluding hydrogens is 370 g/mol. The number of phenols is 1. The number of aldehydes is 1. The Morgan fingerprint density at radius 3 is 2.28 bits per heavy atom. The van der Waals surface area contributed by atoms with Crippen LogP contribution in [0.15, 0.2) is 36.4 Å². The standard InChI is InChI=1S/C23H25NO5/c1-23(2)28-20-12-24(13-21(20)29-23)18-8-6-15(7-9-18)4-5-16-10-17(14-25)22(26)19(11-16)27-3/h4-11,14,20-21,26H,12-13H2,1-3H3/b5-4+. The number of carbonyl (C=O) groups is 1. The highest BCUT2D eigenvalue weighted by Gasteiger charge is 2.46. The molecule has 29 heavy (non-hydrogen) atoms. The zero-order valence-corrected chi connectivity index (χ0v) is 16.8. The van der Waals surface area contributed by atoms with Crippen molar-refractivity contribution in [1.29, 1.82) is 0 Å². The average molecular weight is 395 g/mol. The molecule has 2 aromatic carbocycles. The smallest absolute Gasteiger partial charge is 0.168 e. The summed E-state index contributed by atoms with van der Waals surface area (Å²) in [6, 6.07) is 11.6. The highest BCUT2D eigenvalue weighted by molar-refractivity contribution is 5.84. The molecule has 2 aliphatic heterocycles. The number of methoxy groups -OCH3 is 1. The molecule has 2 fully saturated rings. The fraction of sp³-hybridized carbons (Fsp3) is 0.348. The van der Waals surface area contributed by atoms with E-state index in [9.17, 15) is 9.90 Å². The SMILES string of the molecule is COc1cc(/C=C/c2ccc(N3CC4OC(C)(C)OC4C3)cc2)cc(C=O)c1O. The maximum atomic E-state index is 11.1. The second-order valence-corrected chi connectivity index (χ2v) is 7.82. The summed E-state index contributed by atoms with van der Waals surface area (Å²) < 4.78 is 17.0. The van der Waals surface area contributed by atoms with Crippen LogP contribution in [0.25, 0.3) is 12.2 Å². The number of rotatable bonds is 5. The Morgan fingerprint density at radius 1 is 1.07 bits per heavy atom. The van der Waals surface area contributed by atoms with Crippen LogP contribution in [0.1, 0.15) is 35.3 Å². The molecular formula is C23H25NO5. The number of benzene rings is 2. The van der Waals surface area contributed by atoms with Crippen LogP contribution in [0.2, 0.25) is 0 Å². The molecule has 6 nitrogen and oxygen atoms in total. The van der Waals surface area contributed by atoms with Gasteiger partial charge < -0.3 is 24.2 Å². The van der Waals surface area contributed by atoms with Gasteiger partial charge in [0, 0.05) is 18.8 Å². The lowest BCUT2D eigenvalue weighted by molar-refractivity contribution is -0.147. The maximum Gasteiger partial charge on any atom is 0.168 e. The molecule has 0 saturated carbocycles. The normalized spacial score (nSPS) is 22.8. The predicted molar refractivity (Wildman–Crippen MR) is 111 cm³/mol. The highest BCUT2D eigenvalue weighted by atomic mass is 16.8. The van der Waals surface area contributed by atoms with Crippen LogP contribution >= 0.6 is 0 Å². The number of carbonyl (C=O) groups excluding carboxylic acids is 1. The minimum Gasteiger partial charge on any atom is -0.504 e. The van der Waals surface area contributed by atoms with Gasteiger partial charge in [0.1, 0.15) is 12.2 Å². The van der Waals surface area contributed by atoms with Gasteiger partial charge in [-0.15, -0.1) is 0 Å². The van der Waals surface area contributed by atoms with Gasteiger partial charge in [-0.05, 0) is 49.2 Å². The molecule has 0 aliphatic carbocycles. The van der Waals surface area contributed by atoms with E-state index in [1.54, 1.807) is 12.1 Å². The first kappa shape index (κ1) is 19.5. The fourth-order valence-corrected chi connectivity index (χ4v) is 3.92. The number of phenolic OH excluding ortho intramolecular Hbond substituents is 1. The third kappa shape index (κ3) is 3.99. The van der Waals surface area contributed by atoms with Crippen LogP contribution < -0.4 is 9.64 Å². The highest BCUT2D eigenvalue weighted by Crippen LogP contribution is 2.35. The number of ether oxygens (including phenoxy) is 3. The van der Waals surface area contributed by atoms with Crippen molar-refractivity contribution in [3.8, 4) is 11.5 Å². The second kappa shape index (κ2) is 7.54. The molecule has 4 rings (SSSR count). The van der Waals surface area contributed by atoms with E-state index >= 15 is 0 Å². The Morgan fingerprint density at radius 2 is 1.69 bits per heavy atom. The van der Waals surface area contributed by atoms with Crippen molar-refractivity contribution >= 4 is 24.1 Å². The first-order valence-corrected chi connectivity index (χ1v) is 9.63. The van der Waals surface area contributed by atoms with Gasteiger partial charge >= 0.3 is 0 Å². The third-order valence-electron chi connectivity index (χ3n) is 5.29. The molecule has 0 amide bonds. The number of nitrogens with zero attached hydrogens (tertiary/aromatic N) is 1. The van der Waals surface area contributed by atoms with Gasteiger partial charge in [-0.25, -0.2) is 0 Å². The predicted octanol–water partition coefficient (Wildman–Crippen LogP) is 3.72. The van der Waals surface area contributed by atoms with Crippen molar-refractivity contribution < 1.29 is 24.1 Å². The Hall–Kier alpha value is -2.83. The van der Waals surface area contributed by atoms with Gasteiger partial charge in [0.05, 0.1) is 12.7 Å². The molecule has 2 atom stereocenters. The van der Waals surface area contributed by atoms with Crippen LogP contribution in [0.3, 0.4) is 0 Å². The fourth-order valence-electron chi connectivity index (χ4n) is 3.92. The summed E-state index contributed by atoms with van der Waals surface area (Å²) in [5.74, 6) is -0.357. The number of hydrogen-bond acceptors (Lipinski definition) is 6. The summed E-state index contributed by atoms with van der Waals surface area (Å²) in [6.45, 7) is 5.56. The zero-order chi connectivity index (χ0) is 20.6. The topological polar surface area (TPSA) is 68.2 Å². The zero-order valence-electron chi connectivity index (χ0n) is 16.8. The Labute approximate surface area is 170 Å². The van der Waals surface area contributed by atoms with Crippen molar-refractivity contribution in [2.45, 2.75) is 31.8 Å². The van der Waals surface area contributed by atoms with E-state index in [0.29, 0.717) is 6.29 Å². The minimum atomic E-state index is -0.489.